The molecule has 0 aromatic carbocycles. The van der Waals surface area contributed by atoms with Crippen LogP contribution in [0.25, 0.3) is 0 Å². The molecule has 4 nitrogen and oxygen atoms in total. The van der Waals surface area contributed by atoms with Crippen molar-refractivity contribution in [2.24, 2.45) is 0 Å². The van der Waals surface area contributed by atoms with E-state index in [0.29, 0.717) is 12.6 Å². The van der Waals surface area contributed by atoms with E-state index in [2.05, 4.69) is 9.97 Å². The molecule has 0 spiro atoms. The van der Waals surface area contributed by atoms with E-state index >= 15 is 0 Å². The number of anilines is 1. The van der Waals surface area contributed by atoms with E-state index in [4.69, 9.17) is 0 Å². The van der Waals surface area contributed by atoms with E-state index < -0.39 is 17.4 Å². The third-order valence-electron chi connectivity index (χ3n) is 3.09. The summed E-state index contributed by atoms with van der Waals surface area (Å²) in [5.74, 6) is 0.0158. The molecule has 0 aliphatic carbocycles. The highest BCUT2D eigenvalue weighted by atomic mass is 19.4. The van der Waals surface area contributed by atoms with Crippen molar-refractivity contribution in [3.63, 3.8) is 0 Å². The van der Waals surface area contributed by atoms with Crippen molar-refractivity contribution >= 4 is 5.95 Å². The predicted octanol–water partition coefficient (Wildman–Crippen LogP) is 2.17. The number of rotatable bonds is 1. The summed E-state index contributed by atoms with van der Waals surface area (Å²) in [6, 6.07) is 0.573. The van der Waals surface area contributed by atoms with Crippen LogP contribution in [0.1, 0.15) is 31.9 Å². The summed E-state index contributed by atoms with van der Waals surface area (Å²) in [6.45, 7) is 2.53. The van der Waals surface area contributed by atoms with Crippen LogP contribution in [0.2, 0.25) is 0 Å². The second-order valence-corrected chi connectivity index (χ2v) is 4.49. The first-order valence-electron chi connectivity index (χ1n) is 5.83. The van der Waals surface area contributed by atoms with Gasteiger partial charge < -0.3 is 4.90 Å². The van der Waals surface area contributed by atoms with Gasteiger partial charge in [-0.1, -0.05) is 0 Å². The first-order valence-corrected chi connectivity index (χ1v) is 5.83. The number of nitrogens with zero attached hydrogens (tertiary/aromatic N) is 2. The van der Waals surface area contributed by atoms with Crippen molar-refractivity contribution in [3.8, 4) is 0 Å². The van der Waals surface area contributed by atoms with Gasteiger partial charge >= 0.3 is 6.18 Å². The number of halogens is 3. The van der Waals surface area contributed by atoms with Gasteiger partial charge in [0, 0.05) is 18.7 Å². The lowest BCUT2D eigenvalue weighted by atomic mass is 10.0. The fourth-order valence-electron chi connectivity index (χ4n) is 2.14. The average molecular weight is 261 g/mol. The summed E-state index contributed by atoms with van der Waals surface area (Å²) in [7, 11) is 0. The highest BCUT2D eigenvalue weighted by molar-refractivity contribution is 5.33. The Balaban J connectivity index is 2.39. The van der Waals surface area contributed by atoms with Crippen molar-refractivity contribution < 1.29 is 13.2 Å². The molecule has 2 heterocycles. The molecule has 2 rings (SSSR count). The monoisotopic (exact) mass is 261 g/mol. The second kappa shape index (κ2) is 4.62. The van der Waals surface area contributed by atoms with E-state index in [-0.39, 0.29) is 12.0 Å². The maximum atomic E-state index is 12.6. The molecule has 1 saturated heterocycles. The van der Waals surface area contributed by atoms with Crippen molar-refractivity contribution in [3.05, 3.63) is 22.1 Å². The lowest BCUT2D eigenvalue weighted by Crippen LogP contribution is -2.40. The minimum Gasteiger partial charge on any atom is -0.340 e. The molecule has 1 fully saturated rings. The molecule has 1 atom stereocenters. The SMILES string of the molecule is CC1CCCCN1c1nc(C(F)(F)F)cc(=O)[nH]1. The number of aromatic nitrogens is 2. The fourth-order valence-corrected chi connectivity index (χ4v) is 2.14. The number of hydrogen-bond acceptors (Lipinski definition) is 3. The maximum Gasteiger partial charge on any atom is 0.433 e. The molecular formula is C11H14F3N3O. The number of H-pyrrole nitrogens is 1. The quantitative estimate of drug-likeness (QED) is 0.842. The number of aromatic amines is 1. The van der Waals surface area contributed by atoms with Crippen LogP contribution < -0.4 is 10.5 Å². The van der Waals surface area contributed by atoms with Crippen LogP contribution in [0.15, 0.2) is 10.9 Å². The fraction of sp³-hybridized carbons (Fsp3) is 0.636. The standard InChI is InChI=1S/C11H14F3N3O/c1-7-4-2-3-5-17(7)10-15-8(11(12,13)14)6-9(18)16-10/h6-7H,2-5H2,1H3,(H,15,16,18). The molecule has 0 saturated carbocycles. The van der Waals surface area contributed by atoms with Crippen molar-refractivity contribution in [2.45, 2.75) is 38.4 Å². The van der Waals surface area contributed by atoms with E-state index in [1.807, 2.05) is 6.92 Å². The Kier molecular flexibility index (Phi) is 3.32. The van der Waals surface area contributed by atoms with Gasteiger partial charge in [0.1, 0.15) is 0 Å². The normalized spacial score (nSPS) is 21.1. The van der Waals surface area contributed by atoms with Crippen molar-refractivity contribution in [1.82, 2.24) is 9.97 Å². The molecule has 0 radical (unpaired) electrons. The van der Waals surface area contributed by atoms with Crippen molar-refractivity contribution in [1.29, 1.82) is 0 Å². The van der Waals surface area contributed by atoms with Crippen LogP contribution in [0.5, 0.6) is 0 Å². The zero-order valence-electron chi connectivity index (χ0n) is 9.92. The minimum atomic E-state index is -4.60. The van der Waals surface area contributed by atoms with Gasteiger partial charge in [-0.3, -0.25) is 9.78 Å². The van der Waals surface area contributed by atoms with Crippen molar-refractivity contribution in [2.75, 3.05) is 11.4 Å². The molecule has 1 aliphatic rings. The van der Waals surface area contributed by atoms with Gasteiger partial charge in [-0.15, -0.1) is 0 Å². The van der Waals surface area contributed by atoms with Crippen LogP contribution >= 0.6 is 0 Å². The van der Waals surface area contributed by atoms with Gasteiger partial charge in [-0.05, 0) is 26.2 Å². The summed E-state index contributed by atoms with van der Waals surface area (Å²) >= 11 is 0. The highest BCUT2D eigenvalue weighted by Gasteiger charge is 2.34. The van der Waals surface area contributed by atoms with Crippen LogP contribution in [0.4, 0.5) is 19.1 Å². The summed E-state index contributed by atoms with van der Waals surface area (Å²) < 4.78 is 37.7. The average Bonchev–Trinajstić information content (AvgIpc) is 2.27. The molecule has 1 aromatic heterocycles. The van der Waals surface area contributed by atoms with Gasteiger partial charge in [0.2, 0.25) is 5.95 Å². The van der Waals surface area contributed by atoms with E-state index in [1.165, 1.54) is 0 Å². The van der Waals surface area contributed by atoms with E-state index in [9.17, 15) is 18.0 Å². The Morgan fingerprint density at radius 1 is 1.44 bits per heavy atom. The molecule has 100 valence electrons. The Bertz CT molecular complexity index is 483. The van der Waals surface area contributed by atoms with Gasteiger partial charge in [0.25, 0.3) is 5.56 Å². The number of hydrogen-bond donors (Lipinski definition) is 1. The first-order chi connectivity index (χ1) is 8.38. The molecule has 1 aromatic rings. The minimum absolute atomic E-state index is 0.0158. The van der Waals surface area contributed by atoms with Gasteiger partial charge in [0.05, 0.1) is 0 Å². The molecule has 1 unspecified atom stereocenters. The number of nitrogens with one attached hydrogen (secondary N) is 1. The van der Waals surface area contributed by atoms with Crippen LogP contribution in [0.3, 0.4) is 0 Å². The predicted molar refractivity (Wildman–Crippen MR) is 60.5 cm³/mol. The lowest BCUT2D eigenvalue weighted by Gasteiger charge is -2.33. The third-order valence-corrected chi connectivity index (χ3v) is 3.09. The number of alkyl halides is 3. The Morgan fingerprint density at radius 3 is 2.78 bits per heavy atom. The lowest BCUT2D eigenvalue weighted by molar-refractivity contribution is -0.141. The maximum absolute atomic E-state index is 12.6. The zero-order chi connectivity index (χ0) is 13.3. The summed E-state index contributed by atoms with van der Waals surface area (Å²) in [5, 5.41) is 0. The summed E-state index contributed by atoms with van der Waals surface area (Å²) in [5.41, 5.74) is -1.91. The zero-order valence-corrected chi connectivity index (χ0v) is 9.92. The highest BCUT2D eigenvalue weighted by Crippen LogP contribution is 2.28. The van der Waals surface area contributed by atoms with Gasteiger partial charge in [-0.25, -0.2) is 4.98 Å². The summed E-state index contributed by atoms with van der Waals surface area (Å²) in [4.78, 5) is 18.9. The Hall–Kier alpha value is -1.53. The molecule has 0 bridgehead atoms. The largest absolute Gasteiger partial charge is 0.433 e. The van der Waals surface area contributed by atoms with Gasteiger partial charge in [0.15, 0.2) is 5.69 Å². The Labute approximate surface area is 102 Å². The van der Waals surface area contributed by atoms with Crippen LogP contribution in [-0.4, -0.2) is 22.6 Å². The van der Waals surface area contributed by atoms with E-state index in [1.54, 1.807) is 4.90 Å². The van der Waals surface area contributed by atoms with Gasteiger partial charge in [-0.2, -0.15) is 13.2 Å². The molecule has 18 heavy (non-hydrogen) atoms. The number of piperidine rings is 1. The topological polar surface area (TPSA) is 49.0 Å². The first kappa shape index (κ1) is 12.9. The van der Waals surface area contributed by atoms with Crippen LogP contribution in [0, 0.1) is 0 Å². The molecule has 7 heteroatoms. The van der Waals surface area contributed by atoms with E-state index in [0.717, 1.165) is 19.3 Å². The molecule has 0 amide bonds. The Morgan fingerprint density at radius 2 is 2.17 bits per heavy atom. The summed E-state index contributed by atoms with van der Waals surface area (Å²) in [6.07, 6.45) is -1.77. The van der Waals surface area contributed by atoms with Crippen LogP contribution in [-0.2, 0) is 6.18 Å². The second-order valence-electron chi connectivity index (χ2n) is 4.49. The molecule has 1 N–H and O–H groups in total. The third kappa shape index (κ3) is 2.65. The molecule has 1 aliphatic heterocycles. The smallest absolute Gasteiger partial charge is 0.340 e. The molecular weight excluding hydrogens is 247 g/mol.